The van der Waals surface area contributed by atoms with Gasteiger partial charge in [-0.1, -0.05) is 53.5 Å². The number of rotatable bonds is 5. The van der Waals surface area contributed by atoms with Crippen molar-refractivity contribution in [3.05, 3.63) is 69.9 Å². The van der Waals surface area contributed by atoms with Crippen molar-refractivity contribution in [2.75, 3.05) is 12.0 Å². The largest absolute Gasteiger partial charge is 0.468 e. The average molecular weight is 447 g/mol. The summed E-state index contributed by atoms with van der Waals surface area (Å²) in [6, 6.07) is 13.4. The molecule has 1 heterocycles. The first-order valence-corrected chi connectivity index (χ1v) is 9.90. The van der Waals surface area contributed by atoms with Crippen molar-refractivity contribution in [2.24, 2.45) is 0 Å². The van der Waals surface area contributed by atoms with Crippen LogP contribution in [0.15, 0.2) is 54.3 Å². The van der Waals surface area contributed by atoms with Gasteiger partial charge in [0.2, 0.25) is 5.91 Å². The highest BCUT2D eigenvalue weighted by atomic mass is 35.5. The fourth-order valence-corrected chi connectivity index (χ4v) is 3.60. The lowest BCUT2D eigenvalue weighted by atomic mass is 9.95. The normalized spacial score (nSPS) is 14.4. The summed E-state index contributed by atoms with van der Waals surface area (Å²) in [7, 11) is 0. The fraction of sp³-hybridized carbons (Fsp3) is 0.227. The van der Waals surface area contributed by atoms with Crippen LogP contribution < -0.4 is 5.32 Å². The van der Waals surface area contributed by atoms with Crippen LogP contribution in [0.1, 0.15) is 26.3 Å². The molecular weight excluding hydrogens is 427 g/mol. The molecule has 0 bridgehead atoms. The third kappa shape index (κ3) is 4.35. The summed E-state index contributed by atoms with van der Waals surface area (Å²) >= 11 is 12.0. The maximum absolute atomic E-state index is 13.4. The second kappa shape index (κ2) is 8.50. The number of allylic oxidation sites excluding steroid dienone is 1. The molecule has 0 aliphatic carbocycles. The highest BCUT2D eigenvalue weighted by molar-refractivity contribution is 6.35. The Morgan fingerprint density at radius 3 is 2.23 bits per heavy atom. The molecule has 2 aromatic carbocycles. The lowest BCUT2D eigenvalue weighted by Gasteiger charge is -2.40. The van der Waals surface area contributed by atoms with Gasteiger partial charge in [-0.2, -0.15) is 0 Å². The fourth-order valence-electron chi connectivity index (χ4n) is 3.08. The number of nitrogens with one attached hydrogen (secondary N) is 1. The van der Waals surface area contributed by atoms with E-state index in [1.165, 1.54) is 11.8 Å². The summed E-state index contributed by atoms with van der Waals surface area (Å²) in [5, 5.41) is 3.47. The molecule has 0 aromatic heterocycles. The molecule has 2 aromatic rings. The summed E-state index contributed by atoms with van der Waals surface area (Å²) in [6.07, 6.45) is 0. The number of Topliss-reactive ketones (excluding diaryl/α,β-unsaturated/α-hetero) is 1. The third-order valence-corrected chi connectivity index (χ3v) is 5.19. The number of hydrogen-bond donors (Lipinski definition) is 1. The lowest BCUT2D eigenvalue weighted by Crippen LogP contribution is -2.57. The zero-order chi connectivity index (χ0) is 22.1. The molecule has 0 saturated heterocycles. The molecule has 6 nitrogen and oxygen atoms in total. The van der Waals surface area contributed by atoms with Crippen LogP contribution in [0.4, 0.5) is 5.69 Å². The van der Waals surface area contributed by atoms with Crippen molar-refractivity contribution < 1.29 is 19.1 Å². The predicted octanol–water partition coefficient (Wildman–Crippen LogP) is 4.53. The topological polar surface area (TPSA) is 75.7 Å². The Labute approximate surface area is 184 Å². The van der Waals surface area contributed by atoms with Crippen LogP contribution >= 0.6 is 23.2 Å². The molecule has 1 aliphatic heterocycles. The number of amides is 2. The number of hydrogen-bond acceptors (Lipinski definition) is 4. The van der Waals surface area contributed by atoms with Gasteiger partial charge in [0.05, 0.1) is 5.57 Å². The molecule has 0 atom stereocenters. The SMILES string of the molecule is CC(=O)C1=C(c2ccccc2)C(=O)N(C(C)(C)C(=O)Nc2cc(Cl)cc(Cl)c2)CO1. The van der Waals surface area contributed by atoms with Gasteiger partial charge in [-0.05, 0) is 37.6 Å². The van der Waals surface area contributed by atoms with Crippen molar-refractivity contribution in [3.63, 3.8) is 0 Å². The van der Waals surface area contributed by atoms with Gasteiger partial charge in [0.15, 0.2) is 18.3 Å². The molecule has 0 fully saturated rings. The van der Waals surface area contributed by atoms with E-state index in [0.717, 1.165) is 0 Å². The first-order valence-electron chi connectivity index (χ1n) is 9.14. The van der Waals surface area contributed by atoms with Gasteiger partial charge in [0.25, 0.3) is 5.91 Å². The van der Waals surface area contributed by atoms with E-state index < -0.39 is 17.4 Å². The molecule has 0 unspecified atom stereocenters. The van der Waals surface area contributed by atoms with Crippen LogP contribution in [0.3, 0.4) is 0 Å². The van der Waals surface area contributed by atoms with E-state index in [0.29, 0.717) is 21.3 Å². The molecule has 30 heavy (non-hydrogen) atoms. The Morgan fingerprint density at radius 1 is 1.07 bits per heavy atom. The maximum atomic E-state index is 13.4. The van der Waals surface area contributed by atoms with Gasteiger partial charge in [0.1, 0.15) is 5.54 Å². The van der Waals surface area contributed by atoms with Gasteiger partial charge in [-0.3, -0.25) is 19.3 Å². The predicted molar refractivity (Wildman–Crippen MR) is 116 cm³/mol. The number of benzene rings is 2. The van der Waals surface area contributed by atoms with Gasteiger partial charge < -0.3 is 10.1 Å². The van der Waals surface area contributed by atoms with Crippen molar-refractivity contribution in [1.82, 2.24) is 4.90 Å². The summed E-state index contributed by atoms with van der Waals surface area (Å²) in [6.45, 7) is 4.29. The molecule has 1 N–H and O–H groups in total. The van der Waals surface area contributed by atoms with E-state index in [1.54, 1.807) is 62.4 Å². The zero-order valence-electron chi connectivity index (χ0n) is 16.7. The van der Waals surface area contributed by atoms with Crippen molar-refractivity contribution in [2.45, 2.75) is 26.3 Å². The van der Waals surface area contributed by atoms with Gasteiger partial charge in [-0.15, -0.1) is 0 Å². The van der Waals surface area contributed by atoms with E-state index in [9.17, 15) is 14.4 Å². The van der Waals surface area contributed by atoms with E-state index in [4.69, 9.17) is 27.9 Å². The number of carbonyl (C=O) groups excluding carboxylic acids is 3. The first kappa shape index (κ1) is 21.9. The monoisotopic (exact) mass is 446 g/mol. The highest BCUT2D eigenvalue weighted by Crippen LogP contribution is 2.32. The molecular formula is C22H20Cl2N2O4. The van der Waals surface area contributed by atoms with Crippen LogP contribution in [-0.4, -0.2) is 34.8 Å². The van der Waals surface area contributed by atoms with E-state index in [-0.39, 0.29) is 23.8 Å². The van der Waals surface area contributed by atoms with Crippen molar-refractivity contribution >= 4 is 52.1 Å². The van der Waals surface area contributed by atoms with E-state index in [2.05, 4.69) is 5.32 Å². The van der Waals surface area contributed by atoms with Crippen LogP contribution in [0.5, 0.6) is 0 Å². The lowest BCUT2D eigenvalue weighted by molar-refractivity contribution is -0.148. The Morgan fingerprint density at radius 2 is 1.67 bits per heavy atom. The Hall–Kier alpha value is -2.83. The molecule has 0 radical (unpaired) electrons. The molecule has 156 valence electrons. The zero-order valence-corrected chi connectivity index (χ0v) is 18.2. The summed E-state index contributed by atoms with van der Waals surface area (Å²) in [4.78, 5) is 39.7. The number of halogens is 2. The number of carbonyl (C=O) groups is 3. The quantitative estimate of drug-likeness (QED) is 0.731. The minimum Gasteiger partial charge on any atom is -0.468 e. The highest BCUT2D eigenvalue weighted by Gasteiger charge is 2.43. The van der Waals surface area contributed by atoms with Gasteiger partial charge >= 0.3 is 0 Å². The van der Waals surface area contributed by atoms with E-state index in [1.807, 2.05) is 0 Å². The van der Waals surface area contributed by atoms with E-state index >= 15 is 0 Å². The van der Waals surface area contributed by atoms with Crippen LogP contribution in [0.25, 0.3) is 5.57 Å². The Balaban J connectivity index is 1.93. The number of nitrogens with zero attached hydrogens (tertiary/aromatic N) is 1. The Bertz CT molecular complexity index is 1030. The Kier molecular flexibility index (Phi) is 6.19. The average Bonchev–Trinajstić information content (AvgIpc) is 2.67. The van der Waals surface area contributed by atoms with Gasteiger partial charge in [0, 0.05) is 22.7 Å². The maximum Gasteiger partial charge on any atom is 0.261 e. The summed E-state index contributed by atoms with van der Waals surface area (Å²) in [5.74, 6) is -1.31. The second-order valence-corrected chi connectivity index (χ2v) is 8.18. The molecule has 1 aliphatic rings. The van der Waals surface area contributed by atoms with Crippen LogP contribution in [-0.2, 0) is 19.1 Å². The molecule has 8 heteroatoms. The summed E-state index contributed by atoms with van der Waals surface area (Å²) in [5.41, 5.74) is -0.232. The van der Waals surface area contributed by atoms with Gasteiger partial charge in [-0.25, -0.2) is 0 Å². The third-order valence-electron chi connectivity index (χ3n) is 4.76. The number of ether oxygens (including phenoxy) is 1. The van der Waals surface area contributed by atoms with Crippen LogP contribution in [0, 0.1) is 0 Å². The molecule has 0 saturated carbocycles. The molecule has 2 amide bonds. The first-order chi connectivity index (χ1) is 14.1. The molecule has 3 rings (SSSR count). The second-order valence-electron chi connectivity index (χ2n) is 7.30. The number of anilines is 1. The summed E-state index contributed by atoms with van der Waals surface area (Å²) < 4.78 is 5.63. The van der Waals surface area contributed by atoms with Crippen molar-refractivity contribution in [1.29, 1.82) is 0 Å². The standard InChI is InChI=1S/C22H20Cl2N2O4/c1-13(27)19-18(14-7-5-4-6-8-14)20(28)26(12-30-19)22(2,3)21(29)25-17-10-15(23)9-16(24)11-17/h4-11H,12H2,1-3H3,(H,25,29). The van der Waals surface area contributed by atoms with Crippen molar-refractivity contribution in [3.8, 4) is 0 Å². The smallest absolute Gasteiger partial charge is 0.261 e. The molecule has 0 spiro atoms. The minimum absolute atomic E-state index is 0.0136. The minimum atomic E-state index is -1.30. The number of ketones is 1. The van der Waals surface area contributed by atoms with Crippen LogP contribution in [0.2, 0.25) is 10.0 Å².